The Kier molecular flexibility index (Phi) is 7.85. The van der Waals surface area contributed by atoms with E-state index in [2.05, 4.69) is 10.3 Å². The highest BCUT2D eigenvalue weighted by Crippen LogP contribution is 2.33. The predicted octanol–water partition coefficient (Wildman–Crippen LogP) is 3.78. The molecular formula is C22H28N4O3S2. The van der Waals surface area contributed by atoms with Crippen LogP contribution in [0.1, 0.15) is 39.7 Å². The quantitative estimate of drug-likeness (QED) is 0.347. The molecule has 7 nitrogen and oxygen atoms in total. The molecule has 31 heavy (non-hydrogen) atoms. The van der Waals surface area contributed by atoms with Crippen molar-refractivity contribution in [3.05, 3.63) is 45.2 Å². The SMILES string of the molecule is CC(C)CN1C(=O)C(=Cc2c(NCCCOC(C)C)nc3ccccn3c2=O)SC1=S. The van der Waals surface area contributed by atoms with Gasteiger partial charge in [0.15, 0.2) is 0 Å². The lowest BCUT2D eigenvalue weighted by Crippen LogP contribution is -2.31. The first kappa shape index (κ1) is 23.4. The van der Waals surface area contributed by atoms with Crippen molar-refractivity contribution in [2.24, 2.45) is 5.92 Å². The van der Waals surface area contributed by atoms with E-state index in [-0.39, 0.29) is 17.6 Å². The Morgan fingerprint density at radius 3 is 2.74 bits per heavy atom. The maximum atomic E-state index is 13.2. The van der Waals surface area contributed by atoms with E-state index >= 15 is 0 Å². The summed E-state index contributed by atoms with van der Waals surface area (Å²) >= 11 is 6.61. The molecule has 1 saturated heterocycles. The molecule has 0 atom stereocenters. The predicted molar refractivity (Wildman–Crippen MR) is 130 cm³/mol. The van der Waals surface area contributed by atoms with Crippen LogP contribution in [0, 0.1) is 5.92 Å². The number of nitrogens with zero attached hydrogens (tertiary/aromatic N) is 3. The van der Waals surface area contributed by atoms with Gasteiger partial charge in [-0.15, -0.1) is 0 Å². The molecule has 1 amide bonds. The minimum absolute atomic E-state index is 0.169. The van der Waals surface area contributed by atoms with Crippen LogP contribution < -0.4 is 10.9 Å². The molecule has 0 saturated carbocycles. The highest BCUT2D eigenvalue weighted by Gasteiger charge is 2.32. The van der Waals surface area contributed by atoms with Gasteiger partial charge >= 0.3 is 0 Å². The molecule has 2 aromatic rings. The van der Waals surface area contributed by atoms with E-state index in [1.807, 2.05) is 33.8 Å². The van der Waals surface area contributed by atoms with Gasteiger partial charge in [0.1, 0.15) is 15.8 Å². The summed E-state index contributed by atoms with van der Waals surface area (Å²) in [5, 5.41) is 3.25. The number of thioether (sulfide) groups is 1. The summed E-state index contributed by atoms with van der Waals surface area (Å²) in [6.45, 7) is 9.81. The molecule has 0 spiro atoms. The maximum absolute atomic E-state index is 13.2. The van der Waals surface area contributed by atoms with E-state index in [4.69, 9.17) is 17.0 Å². The number of amides is 1. The van der Waals surface area contributed by atoms with Gasteiger partial charge < -0.3 is 10.1 Å². The van der Waals surface area contributed by atoms with Crippen molar-refractivity contribution in [1.82, 2.24) is 14.3 Å². The topological polar surface area (TPSA) is 75.9 Å². The second-order valence-electron chi connectivity index (χ2n) is 7.99. The van der Waals surface area contributed by atoms with Crippen molar-refractivity contribution in [2.75, 3.05) is 25.0 Å². The van der Waals surface area contributed by atoms with Gasteiger partial charge in [-0.2, -0.15) is 0 Å². The maximum Gasteiger partial charge on any atom is 0.267 e. The van der Waals surface area contributed by atoms with Gasteiger partial charge in [0.05, 0.1) is 16.6 Å². The van der Waals surface area contributed by atoms with Crippen molar-refractivity contribution in [1.29, 1.82) is 0 Å². The highest BCUT2D eigenvalue weighted by molar-refractivity contribution is 8.26. The molecule has 0 radical (unpaired) electrons. The van der Waals surface area contributed by atoms with Crippen LogP contribution in [0.4, 0.5) is 5.82 Å². The molecule has 166 valence electrons. The van der Waals surface area contributed by atoms with Crippen LogP contribution in [0.3, 0.4) is 0 Å². The summed E-state index contributed by atoms with van der Waals surface area (Å²) in [6, 6.07) is 5.39. The monoisotopic (exact) mass is 460 g/mol. The van der Waals surface area contributed by atoms with Gasteiger partial charge in [-0.3, -0.25) is 18.9 Å². The molecular weight excluding hydrogens is 432 g/mol. The van der Waals surface area contributed by atoms with Crippen LogP contribution in [0.25, 0.3) is 11.7 Å². The van der Waals surface area contributed by atoms with Crippen LogP contribution >= 0.6 is 24.0 Å². The van der Waals surface area contributed by atoms with Crippen LogP contribution in [0.2, 0.25) is 0 Å². The number of ether oxygens (including phenoxy) is 1. The molecule has 9 heteroatoms. The van der Waals surface area contributed by atoms with E-state index in [0.717, 1.165) is 6.42 Å². The Hall–Kier alpha value is -2.23. The first-order valence-corrected chi connectivity index (χ1v) is 11.6. The molecule has 0 aromatic carbocycles. The molecule has 1 fully saturated rings. The number of fused-ring (bicyclic) bond motifs is 1. The number of pyridine rings is 1. The van der Waals surface area contributed by atoms with Crippen molar-refractivity contribution in [3.8, 4) is 0 Å². The fourth-order valence-corrected chi connectivity index (χ4v) is 4.38. The first-order valence-electron chi connectivity index (χ1n) is 10.4. The normalized spacial score (nSPS) is 15.8. The number of hydrogen-bond acceptors (Lipinski definition) is 7. The highest BCUT2D eigenvalue weighted by atomic mass is 32.2. The second kappa shape index (κ2) is 10.4. The largest absolute Gasteiger partial charge is 0.379 e. The molecule has 0 aliphatic carbocycles. The standard InChI is InChI=1S/C22H28N4O3S2/c1-14(2)13-26-21(28)17(31-22(26)30)12-16-19(23-9-7-11-29-15(3)4)24-18-8-5-6-10-25(18)20(16)27/h5-6,8,10,12,14-15,23H,7,9,11,13H2,1-4H3. The summed E-state index contributed by atoms with van der Waals surface area (Å²) < 4.78 is 7.57. The van der Waals surface area contributed by atoms with Crippen molar-refractivity contribution in [3.63, 3.8) is 0 Å². The Morgan fingerprint density at radius 1 is 1.26 bits per heavy atom. The minimum atomic E-state index is -0.236. The van der Waals surface area contributed by atoms with E-state index in [9.17, 15) is 9.59 Å². The van der Waals surface area contributed by atoms with E-state index < -0.39 is 0 Å². The number of rotatable bonds is 9. The van der Waals surface area contributed by atoms with E-state index in [1.165, 1.54) is 16.2 Å². The Morgan fingerprint density at radius 2 is 2.03 bits per heavy atom. The number of nitrogens with one attached hydrogen (secondary N) is 1. The summed E-state index contributed by atoms with van der Waals surface area (Å²) in [7, 11) is 0. The molecule has 0 unspecified atom stereocenters. The van der Waals surface area contributed by atoms with Gasteiger partial charge in [0.25, 0.3) is 11.5 Å². The van der Waals surface area contributed by atoms with Crippen LogP contribution in [0.15, 0.2) is 34.1 Å². The fraction of sp³-hybridized carbons (Fsp3) is 0.455. The number of aromatic nitrogens is 2. The van der Waals surface area contributed by atoms with E-state index in [1.54, 1.807) is 29.3 Å². The lowest BCUT2D eigenvalue weighted by molar-refractivity contribution is -0.122. The fourth-order valence-electron chi connectivity index (χ4n) is 3.12. The molecule has 0 bridgehead atoms. The number of hydrogen-bond donors (Lipinski definition) is 1. The summed E-state index contributed by atoms with van der Waals surface area (Å²) in [6.07, 6.45) is 4.23. The third-order valence-electron chi connectivity index (χ3n) is 4.53. The van der Waals surface area contributed by atoms with Crippen molar-refractivity contribution < 1.29 is 9.53 Å². The van der Waals surface area contributed by atoms with Crippen LogP contribution in [-0.4, -0.2) is 50.3 Å². The van der Waals surface area contributed by atoms with Gasteiger partial charge in [-0.25, -0.2) is 4.98 Å². The Balaban J connectivity index is 1.93. The zero-order valence-electron chi connectivity index (χ0n) is 18.3. The Labute approximate surface area is 191 Å². The third kappa shape index (κ3) is 5.72. The molecule has 1 aliphatic heterocycles. The minimum Gasteiger partial charge on any atom is -0.379 e. The van der Waals surface area contributed by atoms with Crippen molar-refractivity contribution >= 4 is 51.7 Å². The lowest BCUT2D eigenvalue weighted by Gasteiger charge is -2.16. The van der Waals surface area contributed by atoms with Crippen LogP contribution in [0.5, 0.6) is 0 Å². The Bertz CT molecular complexity index is 1060. The van der Waals surface area contributed by atoms with Gasteiger partial charge in [-0.05, 0) is 44.4 Å². The smallest absolute Gasteiger partial charge is 0.267 e. The zero-order valence-corrected chi connectivity index (χ0v) is 19.9. The van der Waals surface area contributed by atoms with Crippen LogP contribution in [-0.2, 0) is 9.53 Å². The molecule has 1 aliphatic rings. The zero-order chi connectivity index (χ0) is 22.5. The van der Waals surface area contributed by atoms with Crippen molar-refractivity contribution in [2.45, 2.75) is 40.2 Å². The number of anilines is 1. The van der Waals surface area contributed by atoms with Gasteiger partial charge in [0, 0.05) is 25.9 Å². The summed E-state index contributed by atoms with van der Waals surface area (Å²) in [4.78, 5) is 32.8. The lowest BCUT2D eigenvalue weighted by atomic mass is 10.2. The number of thiocarbonyl (C=S) groups is 1. The number of carbonyl (C=O) groups excluding carboxylic acids is 1. The third-order valence-corrected chi connectivity index (χ3v) is 5.91. The molecule has 3 rings (SSSR count). The molecule has 3 heterocycles. The molecule has 1 N–H and O–H groups in total. The van der Waals surface area contributed by atoms with Gasteiger partial charge in [-0.1, -0.05) is 43.9 Å². The second-order valence-corrected chi connectivity index (χ2v) is 9.67. The summed E-state index contributed by atoms with van der Waals surface area (Å²) in [5.74, 6) is 0.576. The van der Waals surface area contributed by atoms with Gasteiger partial charge in [0.2, 0.25) is 0 Å². The average molecular weight is 461 g/mol. The average Bonchev–Trinajstić information content (AvgIpc) is 2.97. The first-order chi connectivity index (χ1) is 14.8. The number of carbonyl (C=O) groups is 1. The summed E-state index contributed by atoms with van der Waals surface area (Å²) in [5.41, 5.74) is 0.650. The molecule has 2 aromatic heterocycles. The van der Waals surface area contributed by atoms with E-state index in [0.29, 0.717) is 51.9 Å².